The number of carbonyl (C=O) groups is 1. The summed E-state index contributed by atoms with van der Waals surface area (Å²) in [4.78, 5) is 19.2. The molecule has 1 saturated heterocycles. The predicted octanol–water partition coefficient (Wildman–Crippen LogP) is 2.05. The van der Waals surface area contributed by atoms with E-state index in [9.17, 15) is 4.79 Å². The third-order valence-corrected chi connectivity index (χ3v) is 5.84. The Morgan fingerprint density at radius 1 is 1.08 bits per heavy atom. The van der Waals surface area contributed by atoms with Gasteiger partial charge in [0.25, 0.3) is 5.91 Å². The Kier molecular flexibility index (Phi) is 3.53. The molecule has 0 bridgehead atoms. The quantitative estimate of drug-likeness (QED) is 0.732. The van der Waals surface area contributed by atoms with Gasteiger partial charge in [0, 0.05) is 37.6 Å². The van der Waals surface area contributed by atoms with Gasteiger partial charge >= 0.3 is 0 Å². The van der Waals surface area contributed by atoms with Gasteiger partial charge in [-0.1, -0.05) is 24.3 Å². The maximum absolute atomic E-state index is 13.0. The van der Waals surface area contributed by atoms with Crippen molar-refractivity contribution < 1.29 is 4.79 Å². The van der Waals surface area contributed by atoms with Gasteiger partial charge in [-0.2, -0.15) is 5.10 Å². The average molecular weight is 347 g/mol. The fourth-order valence-electron chi connectivity index (χ4n) is 4.28. The van der Waals surface area contributed by atoms with Crippen LogP contribution >= 0.6 is 0 Å². The zero-order chi connectivity index (χ0) is 17.6. The molecule has 6 nitrogen and oxygen atoms in total. The third-order valence-electron chi connectivity index (χ3n) is 5.84. The van der Waals surface area contributed by atoms with Crippen LogP contribution in [0.15, 0.2) is 48.9 Å². The number of hydrogen-bond acceptors (Lipinski definition) is 4. The first-order valence-corrected chi connectivity index (χ1v) is 9.14. The molecule has 0 radical (unpaired) electrons. The summed E-state index contributed by atoms with van der Waals surface area (Å²) in [5, 5.41) is 7.94. The molecular formula is C20H21N5O. The van der Waals surface area contributed by atoms with Gasteiger partial charge in [0.05, 0.1) is 11.7 Å². The van der Waals surface area contributed by atoms with E-state index in [2.05, 4.69) is 39.7 Å². The van der Waals surface area contributed by atoms with Crippen LogP contribution in [0.2, 0.25) is 0 Å². The number of carbonyl (C=O) groups excluding carboxylic acids is 1. The van der Waals surface area contributed by atoms with Crippen LogP contribution in [-0.2, 0) is 13.0 Å². The minimum Gasteiger partial charge on any atom is -0.337 e. The predicted molar refractivity (Wildman–Crippen MR) is 97.8 cm³/mol. The summed E-state index contributed by atoms with van der Waals surface area (Å²) < 4.78 is 1.70. The van der Waals surface area contributed by atoms with Crippen LogP contribution in [0, 0.1) is 0 Å². The molecule has 1 aromatic carbocycles. The molecule has 4 heterocycles. The summed E-state index contributed by atoms with van der Waals surface area (Å²) in [6.45, 7) is 2.43. The molecule has 0 aliphatic carbocycles. The topological polar surface area (TPSA) is 62.5 Å². The van der Waals surface area contributed by atoms with Gasteiger partial charge in [0.15, 0.2) is 5.69 Å². The van der Waals surface area contributed by atoms with Crippen LogP contribution < -0.4 is 5.32 Å². The number of amides is 1. The fraction of sp³-hybridized carbons (Fsp3) is 0.350. The molecule has 2 aliphatic rings. The van der Waals surface area contributed by atoms with Gasteiger partial charge in [-0.25, -0.2) is 9.50 Å². The Balaban J connectivity index is 1.33. The molecule has 0 unspecified atom stereocenters. The summed E-state index contributed by atoms with van der Waals surface area (Å²) in [6.07, 6.45) is 8.08. The molecule has 132 valence electrons. The van der Waals surface area contributed by atoms with Gasteiger partial charge in [-0.3, -0.25) is 4.79 Å². The van der Waals surface area contributed by atoms with Crippen LogP contribution in [0.3, 0.4) is 0 Å². The lowest BCUT2D eigenvalue weighted by molar-refractivity contribution is 0.0627. The van der Waals surface area contributed by atoms with Crippen LogP contribution in [0.4, 0.5) is 0 Å². The minimum atomic E-state index is 0.00200. The van der Waals surface area contributed by atoms with E-state index in [0.717, 1.165) is 44.4 Å². The van der Waals surface area contributed by atoms with Gasteiger partial charge in [0.1, 0.15) is 0 Å². The lowest BCUT2D eigenvalue weighted by Gasteiger charge is -2.45. The van der Waals surface area contributed by atoms with Crippen molar-refractivity contribution in [1.29, 1.82) is 0 Å². The maximum atomic E-state index is 13.0. The number of nitrogens with one attached hydrogen (secondary N) is 1. The zero-order valence-electron chi connectivity index (χ0n) is 14.6. The van der Waals surface area contributed by atoms with E-state index >= 15 is 0 Å². The van der Waals surface area contributed by atoms with Crippen molar-refractivity contribution in [3.8, 4) is 0 Å². The van der Waals surface area contributed by atoms with Crippen molar-refractivity contribution in [2.75, 3.05) is 13.1 Å². The molecule has 1 N–H and O–H groups in total. The van der Waals surface area contributed by atoms with Crippen LogP contribution in [0.1, 0.15) is 34.5 Å². The van der Waals surface area contributed by atoms with Crippen molar-refractivity contribution in [1.82, 2.24) is 24.8 Å². The molecule has 26 heavy (non-hydrogen) atoms. The summed E-state index contributed by atoms with van der Waals surface area (Å²) in [7, 11) is 0. The van der Waals surface area contributed by atoms with Crippen molar-refractivity contribution in [2.24, 2.45) is 0 Å². The number of benzene rings is 1. The molecule has 0 atom stereocenters. The highest BCUT2D eigenvalue weighted by atomic mass is 16.2. The summed E-state index contributed by atoms with van der Waals surface area (Å²) in [6, 6.07) is 10.5. The first-order valence-electron chi connectivity index (χ1n) is 9.14. The monoisotopic (exact) mass is 347 g/mol. The first-order chi connectivity index (χ1) is 12.7. The largest absolute Gasteiger partial charge is 0.337 e. The van der Waals surface area contributed by atoms with Crippen molar-refractivity contribution in [3.63, 3.8) is 0 Å². The van der Waals surface area contributed by atoms with E-state index in [1.54, 1.807) is 23.1 Å². The highest BCUT2D eigenvalue weighted by Gasteiger charge is 2.38. The maximum Gasteiger partial charge on any atom is 0.274 e. The van der Waals surface area contributed by atoms with E-state index in [0.29, 0.717) is 5.69 Å². The second kappa shape index (κ2) is 5.92. The molecule has 0 saturated carbocycles. The number of rotatable bonds is 1. The molecule has 3 aromatic rings. The Morgan fingerprint density at radius 2 is 1.88 bits per heavy atom. The number of piperidine rings is 1. The second-order valence-electron chi connectivity index (χ2n) is 7.31. The molecule has 2 aliphatic heterocycles. The Morgan fingerprint density at radius 3 is 2.73 bits per heavy atom. The highest BCUT2D eigenvalue weighted by Crippen LogP contribution is 2.32. The van der Waals surface area contributed by atoms with Gasteiger partial charge in [-0.15, -0.1) is 0 Å². The standard InChI is InChI=1S/C20H21N5O/c26-19(18-17-5-8-23-25(17)12-9-21-18)24-10-6-20(7-11-24)13-15-3-1-2-4-16(15)14-22-20/h1-5,8-9,12,22H,6-7,10-11,13-14H2. The van der Waals surface area contributed by atoms with E-state index in [1.165, 1.54) is 11.1 Å². The van der Waals surface area contributed by atoms with Gasteiger partial charge in [0.2, 0.25) is 0 Å². The number of nitrogens with zero attached hydrogens (tertiary/aromatic N) is 4. The molecule has 1 amide bonds. The van der Waals surface area contributed by atoms with Crippen LogP contribution in [-0.4, -0.2) is 44.0 Å². The molecule has 2 aromatic heterocycles. The minimum absolute atomic E-state index is 0.00200. The molecule has 6 heteroatoms. The summed E-state index contributed by atoms with van der Waals surface area (Å²) >= 11 is 0. The second-order valence-corrected chi connectivity index (χ2v) is 7.31. The lowest BCUT2D eigenvalue weighted by atomic mass is 9.78. The average Bonchev–Trinajstić information content (AvgIpc) is 3.17. The van der Waals surface area contributed by atoms with Gasteiger partial charge < -0.3 is 10.2 Å². The van der Waals surface area contributed by atoms with E-state index < -0.39 is 0 Å². The number of likely N-dealkylation sites (tertiary alicyclic amines) is 1. The normalized spacial score (nSPS) is 18.8. The summed E-state index contributed by atoms with van der Waals surface area (Å²) in [5.74, 6) is 0.00200. The lowest BCUT2D eigenvalue weighted by Crippen LogP contribution is -2.57. The molecule has 1 fully saturated rings. The van der Waals surface area contributed by atoms with Crippen molar-refractivity contribution in [2.45, 2.75) is 31.3 Å². The summed E-state index contributed by atoms with van der Waals surface area (Å²) in [5.41, 5.74) is 4.21. The van der Waals surface area contributed by atoms with Crippen molar-refractivity contribution in [3.05, 3.63) is 65.7 Å². The van der Waals surface area contributed by atoms with E-state index in [4.69, 9.17) is 0 Å². The number of hydrogen-bond donors (Lipinski definition) is 1. The number of aromatic nitrogens is 3. The van der Waals surface area contributed by atoms with E-state index in [1.807, 2.05) is 11.0 Å². The zero-order valence-corrected chi connectivity index (χ0v) is 14.6. The van der Waals surface area contributed by atoms with E-state index in [-0.39, 0.29) is 11.4 Å². The third kappa shape index (κ3) is 2.49. The fourth-order valence-corrected chi connectivity index (χ4v) is 4.28. The van der Waals surface area contributed by atoms with Crippen LogP contribution in [0.25, 0.3) is 5.52 Å². The van der Waals surface area contributed by atoms with Crippen LogP contribution in [0.5, 0.6) is 0 Å². The highest BCUT2D eigenvalue weighted by molar-refractivity contribution is 5.98. The molecule has 5 rings (SSSR count). The number of fused-ring (bicyclic) bond motifs is 2. The molecule has 1 spiro atoms. The van der Waals surface area contributed by atoms with Crippen molar-refractivity contribution >= 4 is 11.4 Å². The first kappa shape index (κ1) is 15.5. The molecular weight excluding hydrogens is 326 g/mol. The smallest absolute Gasteiger partial charge is 0.274 e. The Hall–Kier alpha value is -2.73. The Labute approximate surface area is 151 Å². The Bertz CT molecular complexity index is 971. The van der Waals surface area contributed by atoms with Gasteiger partial charge in [-0.05, 0) is 36.5 Å². The SMILES string of the molecule is O=C(c1nccn2nccc12)N1CCC2(CC1)Cc1ccccc1CN2.